The number of alkyl halides is 3. The van der Waals surface area contributed by atoms with Gasteiger partial charge in [0.25, 0.3) is 5.56 Å². The number of rotatable bonds is 6. The molecular weight excluding hydrogens is 505 g/mol. The number of aromatic amines is 1. The Labute approximate surface area is 212 Å². The number of nitrogens with zero attached hydrogens (tertiary/aromatic N) is 2. The van der Waals surface area contributed by atoms with E-state index in [-0.39, 0.29) is 28.0 Å². The van der Waals surface area contributed by atoms with Gasteiger partial charge >= 0.3 is 6.18 Å². The predicted molar refractivity (Wildman–Crippen MR) is 137 cm³/mol. The number of ether oxygens (including phenoxy) is 1. The van der Waals surface area contributed by atoms with E-state index in [2.05, 4.69) is 15.3 Å². The van der Waals surface area contributed by atoms with Crippen molar-refractivity contribution in [1.82, 2.24) is 14.5 Å². The maximum Gasteiger partial charge on any atom is 0.416 e. The van der Waals surface area contributed by atoms with Crippen molar-refractivity contribution < 1.29 is 22.7 Å². The van der Waals surface area contributed by atoms with E-state index >= 15 is 0 Å². The normalized spacial score (nSPS) is 11.7. The molecular formula is C26H19F3N4O3S. The molecule has 0 bridgehead atoms. The van der Waals surface area contributed by atoms with Gasteiger partial charge in [0.05, 0.1) is 24.1 Å². The second kappa shape index (κ2) is 9.66. The van der Waals surface area contributed by atoms with E-state index < -0.39 is 17.3 Å². The van der Waals surface area contributed by atoms with E-state index in [4.69, 9.17) is 4.74 Å². The van der Waals surface area contributed by atoms with Crippen LogP contribution in [-0.2, 0) is 11.0 Å². The number of H-pyrrole nitrogens is 1. The molecule has 2 N–H and O–H groups in total. The average molecular weight is 525 g/mol. The standard InChI is InChI=1S/C26H19F3N4O3S/c1-36-18-9-5-7-16(13-18)30-21(34)14-37-25-32-22-19-10-2-3-11-20(19)31-23(22)24(35)33(25)17-8-4-6-15(12-17)26(27,28)29/h2-13,31H,14H2,1H3,(H,30,34). The Hall–Kier alpha value is -4.25. The number of benzene rings is 3. The molecule has 7 nitrogen and oxygen atoms in total. The van der Waals surface area contributed by atoms with Crippen molar-refractivity contribution in [3.63, 3.8) is 0 Å². The van der Waals surface area contributed by atoms with Gasteiger partial charge < -0.3 is 15.0 Å². The molecule has 1 amide bonds. The van der Waals surface area contributed by atoms with Crippen LogP contribution >= 0.6 is 11.8 Å². The molecule has 2 heterocycles. The second-order valence-corrected chi connectivity index (χ2v) is 8.99. The molecule has 11 heteroatoms. The van der Waals surface area contributed by atoms with E-state index in [1.165, 1.54) is 19.2 Å². The summed E-state index contributed by atoms with van der Waals surface area (Å²) in [5.41, 5.74) is 0.222. The number of para-hydroxylation sites is 1. The number of carbonyl (C=O) groups excluding carboxylic acids is 1. The lowest BCUT2D eigenvalue weighted by Crippen LogP contribution is -2.23. The molecule has 188 valence electrons. The van der Waals surface area contributed by atoms with Crippen LogP contribution in [0.3, 0.4) is 0 Å². The van der Waals surface area contributed by atoms with E-state index in [0.717, 1.165) is 28.5 Å². The molecule has 0 saturated heterocycles. The third-order valence-electron chi connectivity index (χ3n) is 5.61. The number of methoxy groups -OCH3 is 1. The van der Waals surface area contributed by atoms with Crippen LogP contribution in [-0.4, -0.2) is 33.3 Å². The fourth-order valence-electron chi connectivity index (χ4n) is 3.92. The van der Waals surface area contributed by atoms with E-state index in [0.29, 0.717) is 27.9 Å². The summed E-state index contributed by atoms with van der Waals surface area (Å²) < 4.78 is 46.5. The Kier molecular flexibility index (Phi) is 6.38. The first-order chi connectivity index (χ1) is 17.7. The third-order valence-corrected chi connectivity index (χ3v) is 6.55. The lowest BCUT2D eigenvalue weighted by atomic mass is 10.2. The van der Waals surface area contributed by atoms with Gasteiger partial charge in [-0.25, -0.2) is 4.98 Å². The fourth-order valence-corrected chi connectivity index (χ4v) is 4.72. The van der Waals surface area contributed by atoms with Gasteiger partial charge in [0.1, 0.15) is 16.8 Å². The van der Waals surface area contributed by atoms with Crippen LogP contribution in [0.15, 0.2) is 82.7 Å². The Morgan fingerprint density at radius 2 is 1.86 bits per heavy atom. The Balaban J connectivity index is 1.57. The minimum absolute atomic E-state index is 0.0106. The SMILES string of the molecule is COc1cccc(NC(=O)CSc2nc3c([nH]c4ccccc43)c(=O)n2-c2cccc(C(F)(F)F)c2)c1. The summed E-state index contributed by atoms with van der Waals surface area (Å²) in [6.07, 6.45) is -4.60. The van der Waals surface area contributed by atoms with Crippen LogP contribution in [0, 0.1) is 0 Å². The predicted octanol–water partition coefficient (Wildman–Crippen LogP) is 5.63. The van der Waals surface area contributed by atoms with Crippen LogP contribution in [0.25, 0.3) is 27.6 Å². The number of fused-ring (bicyclic) bond motifs is 3. The van der Waals surface area contributed by atoms with Crippen LogP contribution in [0.4, 0.5) is 18.9 Å². The molecule has 0 spiro atoms. The quantitative estimate of drug-likeness (QED) is 0.222. The number of thioether (sulfide) groups is 1. The molecule has 0 unspecified atom stereocenters. The van der Waals surface area contributed by atoms with Crippen molar-refractivity contribution in [2.24, 2.45) is 0 Å². The van der Waals surface area contributed by atoms with Gasteiger partial charge in [-0.1, -0.05) is 42.1 Å². The number of aromatic nitrogens is 3. The number of amides is 1. The maximum absolute atomic E-state index is 13.6. The van der Waals surface area contributed by atoms with Gasteiger partial charge in [0, 0.05) is 22.7 Å². The molecule has 0 aliphatic carbocycles. The van der Waals surface area contributed by atoms with Crippen LogP contribution in [0.5, 0.6) is 5.75 Å². The van der Waals surface area contributed by atoms with Crippen molar-refractivity contribution in [1.29, 1.82) is 0 Å². The van der Waals surface area contributed by atoms with Crippen LogP contribution in [0.1, 0.15) is 5.56 Å². The third kappa shape index (κ3) is 4.90. The summed E-state index contributed by atoms with van der Waals surface area (Å²) in [7, 11) is 1.51. The van der Waals surface area contributed by atoms with E-state index in [1.807, 2.05) is 0 Å². The highest BCUT2D eigenvalue weighted by molar-refractivity contribution is 7.99. The Morgan fingerprint density at radius 3 is 2.65 bits per heavy atom. The van der Waals surface area contributed by atoms with Crippen molar-refractivity contribution in [2.45, 2.75) is 11.3 Å². The first-order valence-electron chi connectivity index (χ1n) is 11.0. The number of nitrogens with one attached hydrogen (secondary N) is 2. The lowest BCUT2D eigenvalue weighted by Gasteiger charge is -2.14. The molecule has 5 aromatic rings. The number of hydrogen-bond donors (Lipinski definition) is 2. The summed E-state index contributed by atoms with van der Waals surface area (Å²) >= 11 is 0.947. The van der Waals surface area contributed by atoms with Gasteiger partial charge in [0.2, 0.25) is 5.91 Å². The van der Waals surface area contributed by atoms with Gasteiger partial charge in [-0.15, -0.1) is 0 Å². The zero-order valence-corrected chi connectivity index (χ0v) is 20.1. The summed E-state index contributed by atoms with van der Waals surface area (Å²) in [4.78, 5) is 33.9. The van der Waals surface area contributed by atoms with Crippen molar-refractivity contribution in [3.8, 4) is 11.4 Å². The van der Waals surface area contributed by atoms with Gasteiger partial charge in [-0.3, -0.25) is 14.2 Å². The topological polar surface area (TPSA) is 89.0 Å². The largest absolute Gasteiger partial charge is 0.497 e. The van der Waals surface area contributed by atoms with Crippen molar-refractivity contribution in [2.75, 3.05) is 18.2 Å². The summed E-state index contributed by atoms with van der Waals surface area (Å²) in [5, 5.41) is 3.52. The highest BCUT2D eigenvalue weighted by atomic mass is 32.2. The van der Waals surface area contributed by atoms with Crippen LogP contribution < -0.4 is 15.6 Å². The molecule has 3 aromatic carbocycles. The van der Waals surface area contributed by atoms with Crippen molar-refractivity contribution >= 4 is 45.3 Å². The first-order valence-corrected chi connectivity index (χ1v) is 12.0. The fraction of sp³-hybridized carbons (Fsp3) is 0.115. The molecule has 0 atom stereocenters. The number of hydrogen-bond acceptors (Lipinski definition) is 5. The number of carbonyl (C=O) groups is 1. The Bertz CT molecular complexity index is 1690. The van der Waals surface area contributed by atoms with Gasteiger partial charge in [-0.2, -0.15) is 13.2 Å². The Morgan fingerprint density at radius 1 is 1.08 bits per heavy atom. The maximum atomic E-state index is 13.6. The molecule has 0 radical (unpaired) electrons. The molecule has 0 saturated carbocycles. The highest BCUT2D eigenvalue weighted by Gasteiger charge is 2.31. The first kappa shape index (κ1) is 24.4. The molecule has 0 fully saturated rings. The summed E-state index contributed by atoms with van der Waals surface area (Å²) in [6.45, 7) is 0. The summed E-state index contributed by atoms with van der Waals surface area (Å²) in [6, 6.07) is 18.4. The minimum Gasteiger partial charge on any atom is -0.497 e. The van der Waals surface area contributed by atoms with E-state index in [1.54, 1.807) is 48.5 Å². The lowest BCUT2D eigenvalue weighted by molar-refractivity contribution is -0.137. The molecule has 0 aliphatic heterocycles. The molecule has 37 heavy (non-hydrogen) atoms. The molecule has 2 aromatic heterocycles. The number of anilines is 1. The van der Waals surface area contributed by atoms with Gasteiger partial charge in [0.15, 0.2) is 5.16 Å². The minimum atomic E-state index is -4.60. The second-order valence-electron chi connectivity index (χ2n) is 8.05. The monoisotopic (exact) mass is 524 g/mol. The summed E-state index contributed by atoms with van der Waals surface area (Å²) in [5.74, 6) is 0.0358. The van der Waals surface area contributed by atoms with Crippen LogP contribution in [0.2, 0.25) is 0 Å². The van der Waals surface area contributed by atoms with Gasteiger partial charge in [-0.05, 0) is 36.4 Å². The van der Waals surface area contributed by atoms with Crippen molar-refractivity contribution in [3.05, 3.63) is 88.7 Å². The zero-order chi connectivity index (χ0) is 26.2. The van der Waals surface area contributed by atoms with E-state index in [9.17, 15) is 22.8 Å². The molecule has 0 aliphatic rings. The highest BCUT2D eigenvalue weighted by Crippen LogP contribution is 2.32. The smallest absolute Gasteiger partial charge is 0.416 e. The molecule has 5 rings (SSSR count). The zero-order valence-electron chi connectivity index (χ0n) is 19.3. The average Bonchev–Trinajstić information content (AvgIpc) is 3.26. The number of halogens is 3.